The number of fused-ring (bicyclic) bond motifs is 1. The average molecular weight is 502 g/mol. The van der Waals surface area contributed by atoms with Gasteiger partial charge in [-0.15, -0.1) is 0 Å². The first-order valence-electron chi connectivity index (χ1n) is 11.4. The summed E-state index contributed by atoms with van der Waals surface area (Å²) in [7, 11) is 0. The lowest BCUT2D eigenvalue weighted by Crippen LogP contribution is -2.47. The van der Waals surface area contributed by atoms with E-state index >= 15 is 0 Å². The fourth-order valence-corrected chi connectivity index (χ4v) is 5.60. The molecular formula is C28H24ClN3O2S. The number of carbonyl (C=O) groups is 1. The Labute approximate surface area is 214 Å². The number of halogens is 1. The van der Waals surface area contributed by atoms with Gasteiger partial charge < -0.3 is 9.64 Å². The quantitative estimate of drug-likeness (QED) is 0.402. The number of nitriles is 1. The Morgan fingerprint density at radius 1 is 1.06 bits per heavy atom. The van der Waals surface area contributed by atoms with E-state index in [4.69, 9.17) is 16.3 Å². The zero-order chi connectivity index (χ0) is 24.4. The number of nitrogens with zero attached hydrogens (tertiary/aromatic N) is 3. The van der Waals surface area contributed by atoms with E-state index < -0.39 is 0 Å². The van der Waals surface area contributed by atoms with Crippen LogP contribution in [0, 0.1) is 18.3 Å². The van der Waals surface area contributed by atoms with Crippen LogP contribution in [0.4, 0.5) is 5.69 Å². The van der Waals surface area contributed by atoms with Crippen LogP contribution in [0.5, 0.6) is 5.75 Å². The second-order valence-corrected chi connectivity index (χ2v) is 10.1. The van der Waals surface area contributed by atoms with Gasteiger partial charge in [0.25, 0.3) is 0 Å². The number of rotatable bonds is 5. The van der Waals surface area contributed by atoms with Gasteiger partial charge in [-0.1, -0.05) is 65.3 Å². The molecule has 0 saturated carbocycles. The molecule has 7 heteroatoms. The molecule has 2 aliphatic heterocycles. The van der Waals surface area contributed by atoms with Crippen molar-refractivity contribution in [1.29, 1.82) is 5.26 Å². The molecule has 1 saturated heterocycles. The number of amides is 1. The lowest BCUT2D eigenvalue weighted by atomic mass is 9.86. The molecule has 3 aromatic carbocycles. The van der Waals surface area contributed by atoms with Gasteiger partial charge in [0.1, 0.15) is 12.4 Å². The number of aryl methyl sites for hydroxylation is 1. The van der Waals surface area contributed by atoms with Crippen molar-refractivity contribution in [3.05, 3.63) is 105 Å². The van der Waals surface area contributed by atoms with Crippen molar-refractivity contribution in [3.63, 3.8) is 0 Å². The van der Waals surface area contributed by atoms with Gasteiger partial charge in [-0.3, -0.25) is 9.69 Å². The molecule has 3 aromatic rings. The van der Waals surface area contributed by atoms with Crippen molar-refractivity contribution >= 4 is 35.0 Å². The molecule has 0 spiro atoms. The Morgan fingerprint density at radius 3 is 2.46 bits per heavy atom. The molecular weight excluding hydrogens is 478 g/mol. The molecule has 1 amide bonds. The minimum absolute atomic E-state index is 0.0383. The standard InChI is InChI=1S/C28H24ClN3O2S/c1-19-2-10-23(11-3-19)31-17-32-27(33)14-25(26(15-30)28(32)35-18-31)21-6-12-24(13-7-21)34-16-20-4-8-22(29)9-5-20/h2-13,25H,14,16-18H2,1H3. The van der Waals surface area contributed by atoms with E-state index in [-0.39, 0.29) is 18.2 Å². The third-order valence-corrected chi connectivity index (χ3v) is 7.70. The van der Waals surface area contributed by atoms with Crippen LogP contribution in [0.25, 0.3) is 0 Å². The van der Waals surface area contributed by atoms with Crippen molar-refractivity contribution in [3.8, 4) is 11.8 Å². The Bertz CT molecular complexity index is 1300. The van der Waals surface area contributed by atoms with Crippen LogP contribution in [0.1, 0.15) is 29.0 Å². The highest BCUT2D eigenvalue weighted by Crippen LogP contribution is 2.43. The molecule has 5 nitrogen and oxygen atoms in total. The number of hydrogen-bond acceptors (Lipinski definition) is 5. The zero-order valence-corrected chi connectivity index (χ0v) is 20.9. The van der Waals surface area contributed by atoms with E-state index in [0.29, 0.717) is 29.7 Å². The lowest BCUT2D eigenvalue weighted by molar-refractivity contribution is -0.129. The zero-order valence-electron chi connectivity index (χ0n) is 19.3. The number of carbonyl (C=O) groups excluding carboxylic acids is 1. The van der Waals surface area contributed by atoms with Crippen LogP contribution in [0.2, 0.25) is 5.02 Å². The topological polar surface area (TPSA) is 56.6 Å². The lowest BCUT2D eigenvalue weighted by Gasteiger charge is -2.42. The summed E-state index contributed by atoms with van der Waals surface area (Å²) in [4.78, 5) is 17.1. The van der Waals surface area contributed by atoms with Gasteiger partial charge in [0.15, 0.2) is 0 Å². The maximum atomic E-state index is 13.2. The second kappa shape index (κ2) is 10.1. The first-order chi connectivity index (χ1) is 17.0. The van der Waals surface area contributed by atoms with E-state index in [1.54, 1.807) is 16.7 Å². The number of allylic oxidation sites excluding steroid dienone is 1. The molecule has 35 heavy (non-hydrogen) atoms. The summed E-state index contributed by atoms with van der Waals surface area (Å²) < 4.78 is 5.89. The largest absolute Gasteiger partial charge is 0.489 e. The predicted octanol–water partition coefficient (Wildman–Crippen LogP) is 6.45. The molecule has 1 unspecified atom stereocenters. The van der Waals surface area contributed by atoms with Crippen LogP contribution < -0.4 is 9.64 Å². The van der Waals surface area contributed by atoms with Crippen LogP contribution in [0.15, 0.2) is 83.4 Å². The Hall–Kier alpha value is -3.40. The molecule has 5 rings (SSSR count). The highest BCUT2D eigenvalue weighted by molar-refractivity contribution is 8.03. The van der Waals surface area contributed by atoms with Crippen molar-refractivity contribution < 1.29 is 9.53 Å². The third kappa shape index (κ3) is 5.02. The van der Waals surface area contributed by atoms with E-state index in [2.05, 4.69) is 42.2 Å². The molecule has 0 N–H and O–H groups in total. The number of hydrogen-bond donors (Lipinski definition) is 0. The fraction of sp³-hybridized carbons (Fsp3) is 0.214. The van der Waals surface area contributed by atoms with Gasteiger partial charge in [0.2, 0.25) is 5.91 Å². The first kappa shape index (κ1) is 23.3. The molecule has 0 radical (unpaired) electrons. The molecule has 0 aromatic heterocycles. The normalized spacial score (nSPS) is 17.7. The summed E-state index contributed by atoms with van der Waals surface area (Å²) in [5.74, 6) is 1.22. The molecule has 2 aliphatic rings. The minimum atomic E-state index is -0.248. The predicted molar refractivity (Wildman–Crippen MR) is 140 cm³/mol. The summed E-state index contributed by atoms with van der Waals surface area (Å²) in [6.07, 6.45) is 0.277. The van der Waals surface area contributed by atoms with Crippen molar-refractivity contribution in [1.82, 2.24) is 4.90 Å². The molecule has 2 heterocycles. The second-order valence-electron chi connectivity index (χ2n) is 8.68. The average Bonchev–Trinajstić information content (AvgIpc) is 2.89. The molecule has 176 valence electrons. The maximum Gasteiger partial charge on any atom is 0.229 e. The molecule has 0 aliphatic carbocycles. The number of thioether (sulfide) groups is 1. The summed E-state index contributed by atoms with van der Waals surface area (Å²) in [5.41, 5.74) is 4.91. The minimum Gasteiger partial charge on any atom is -0.489 e. The highest BCUT2D eigenvalue weighted by Gasteiger charge is 2.38. The van der Waals surface area contributed by atoms with E-state index in [1.165, 1.54) is 5.56 Å². The van der Waals surface area contributed by atoms with Crippen molar-refractivity contribution in [2.75, 3.05) is 17.4 Å². The SMILES string of the molecule is Cc1ccc(N2CSC3=C(C#N)C(c4ccc(OCc5ccc(Cl)cc5)cc4)CC(=O)N3C2)cc1. The number of ether oxygens (including phenoxy) is 1. The van der Waals surface area contributed by atoms with Gasteiger partial charge in [-0.05, 0) is 54.4 Å². The Kier molecular flexibility index (Phi) is 6.72. The van der Waals surface area contributed by atoms with Crippen LogP contribution in [-0.4, -0.2) is 23.4 Å². The van der Waals surface area contributed by atoms with Crippen molar-refractivity contribution in [2.24, 2.45) is 0 Å². The van der Waals surface area contributed by atoms with E-state index in [9.17, 15) is 10.1 Å². The first-order valence-corrected chi connectivity index (χ1v) is 12.7. The Balaban J connectivity index is 1.31. The monoisotopic (exact) mass is 501 g/mol. The van der Waals surface area contributed by atoms with E-state index in [0.717, 1.165) is 27.6 Å². The van der Waals surface area contributed by atoms with Crippen LogP contribution >= 0.6 is 23.4 Å². The summed E-state index contributed by atoms with van der Waals surface area (Å²) in [6, 6.07) is 25.9. The summed E-state index contributed by atoms with van der Waals surface area (Å²) in [5, 5.41) is 11.5. The fourth-order valence-electron chi connectivity index (χ4n) is 4.31. The van der Waals surface area contributed by atoms with Gasteiger partial charge in [-0.2, -0.15) is 5.26 Å². The van der Waals surface area contributed by atoms with Gasteiger partial charge >= 0.3 is 0 Å². The van der Waals surface area contributed by atoms with Crippen LogP contribution in [-0.2, 0) is 11.4 Å². The van der Waals surface area contributed by atoms with Crippen molar-refractivity contribution in [2.45, 2.75) is 25.9 Å². The Morgan fingerprint density at radius 2 is 1.77 bits per heavy atom. The summed E-state index contributed by atoms with van der Waals surface area (Å²) >= 11 is 7.49. The molecule has 1 fully saturated rings. The van der Waals surface area contributed by atoms with E-state index in [1.807, 2.05) is 48.5 Å². The molecule has 0 bridgehead atoms. The van der Waals surface area contributed by atoms with Crippen LogP contribution in [0.3, 0.4) is 0 Å². The van der Waals surface area contributed by atoms with Gasteiger partial charge in [0.05, 0.1) is 29.2 Å². The van der Waals surface area contributed by atoms with Gasteiger partial charge in [-0.25, -0.2) is 0 Å². The molecule has 1 atom stereocenters. The maximum absolute atomic E-state index is 13.2. The number of anilines is 1. The highest BCUT2D eigenvalue weighted by atomic mass is 35.5. The smallest absolute Gasteiger partial charge is 0.229 e. The summed E-state index contributed by atoms with van der Waals surface area (Å²) in [6.45, 7) is 2.95. The number of benzene rings is 3. The van der Waals surface area contributed by atoms with Gasteiger partial charge in [0, 0.05) is 23.0 Å². The third-order valence-electron chi connectivity index (χ3n) is 6.29.